The van der Waals surface area contributed by atoms with Crippen molar-refractivity contribution in [2.75, 3.05) is 7.11 Å². The van der Waals surface area contributed by atoms with Crippen molar-refractivity contribution in [2.45, 2.75) is 27.4 Å². The summed E-state index contributed by atoms with van der Waals surface area (Å²) in [6.07, 6.45) is 0. The summed E-state index contributed by atoms with van der Waals surface area (Å²) in [5, 5.41) is 0. The van der Waals surface area contributed by atoms with E-state index in [1.807, 2.05) is 6.07 Å². The molecule has 0 bridgehead atoms. The molecule has 2 rings (SSSR count). The highest BCUT2D eigenvalue weighted by Crippen LogP contribution is 2.27. The number of rotatable bonds is 5. The first-order chi connectivity index (χ1) is 10.0. The number of carbonyl (C=O) groups excluding carboxylic acids is 1. The minimum absolute atomic E-state index is 0.0193. The second kappa shape index (κ2) is 6.44. The largest absolute Gasteiger partial charge is 0.497 e. The molecule has 0 saturated carbocycles. The maximum Gasteiger partial charge on any atom is 0.163 e. The van der Waals surface area contributed by atoms with E-state index in [9.17, 15) is 4.79 Å². The van der Waals surface area contributed by atoms with Crippen LogP contribution in [0.1, 0.15) is 34.0 Å². The summed E-state index contributed by atoms with van der Waals surface area (Å²) in [5.41, 5.74) is 4.08. The van der Waals surface area contributed by atoms with Crippen LogP contribution in [0.2, 0.25) is 0 Å². The molecule has 0 fully saturated rings. The second-order valence-electron chi connectivity index (χ2n) is 5.08. The number of hydrogen-bond acceptors (Lipinski definition) is 3. The third-order valence-corrected chi connectivity index (χ3v) is 3.58. The lowest BCUT2D eigenvalue weighted by Gasteiger charge is -2.14. The fraction of sp³-hybridized carbons (Fsp3) is 0.278. The Kier molecular flexibility index (Phi) is 4.63. The number of aryl methyl sites for hydroxylation is 2. The molecule has 0 heterocycles. The fourth-order valence-electron chi connectivity index (χ4n) is 2.27. The maximum absolute atomic E-state index is 11.7. The van der Waals surface area contributed by atoms with Crippen LogP contribution in [0, 0.1) is 13.8 Å². The summed E-state index contributed by atoms with van der Waals surface area (Å²) in [5.74, 6) is 1.22. The molecule has 0 N–H and O–H groups in total. The summed E-state index contributed by atoms with van der Waals surface area (Å²) in [6, 6.07) is 11.4. The van der Waals surface area contributed by atoms with Gasteiger partial charge in [-0.3, -0.25) is 4.79 Å². The molecule has 0 aliphatic heterocycles. The SMILES string of the molecule is COc1ccc(C(C)=O)c(OCc2c(C)cccc2C)c1. The molecule has 0 atom stereocenters. The Hall–Kier alpha value is -2.29. The minimum atomic E-state index is -0.0193. The molecule has 2 aromatic carbocycles. The fourth-order valence-corrected chi connectivity index (χ4v) is 2.27. The van der Waals surface area contributed by atoms with Crippen LogP contribution in [0.3, 0.4) is 0 Å². The number of carbonyl (C=O) groups is 1. The summed E-state index contributed by atoms with van der Waals surface area (Å²) in [6.45, 7) is 6.09. The van der Waals surface area contributed by atoms with Crippen LogP contribution >= 0.6 is 0 Å². The van der Waals surface area contributed by atoms with Gasteiger partial charge >= 0.3 is 0 Å². The third kappa shape index (κ3) is 3.43. The lowest BCUT2D eigenvalue weighted by atomic mass is 10.0. The third-order valence-electron chi connectivity index (χ3n) is 3.58. The van der Waals surface area contributed by atoms with Crippen molar-refractivity contribution in [3.8, 4) is 11.5 Å². The smallest absolute Gasteiger partial charge is 0.163 e. The predicted molar refractivity (Wildman–Crippen MR) is 83.2 cm³/mol. The quantitative estimate of drug-likeness (QED) is 0.776. The zero-order valence-corrected chi connectivity index (χ0v) is 12.9. The van der Waals surface area contributed by atoms with E-state index in [2.05, 4.69) is 26.0 Å². The highest BCUT2D eigenvalue weighted by atomic mass is 16.5. The van der Waals surface area contributed by atoms with Crippen LogP contribution in [-0.4, -0.2) is 12.9 Å². The topological polar surface area (TPSA) is 35.5 Å². The van der Waals surface area contributed by atoms with E-state index in [0.717, 1.165) is 5.56 Å². The Balaban J connectivity index is 2.28. The highest BCUT2D eigenvalue weighted by Gasteiger charge is 2.11. The molecular formula is C18H20O3. The van der Waals surface area contributed by atoms with Crippen molar-refractivity contribution in [3.63, 3.8) is 0 Å². The van der Waals surface area contributed by atoms with Crippen LogP contribution < -0.4 is 9.47 Å². The van der Waals surface area contributed by atoms with Gasteiger partial charge in [-0.2, -0.15) is 0 Å². The molecule has 3 heteroatoms. The molecule has 0 spiro atoms. The van der Waals surface area contributed by atoms with Gasteiger partial charge in [-0.05, 0) is 49.6 Å². The normalized spacial score (nSPS) is 10.3. The van der Waals surface area contributed by atoms with Gasteiger partial charge in [0.2, 0.25) is 0 Å². The second-order valence-corrected chi connectivity index (χ2v) is 5.08. The molecule has 0 radical (unpaired) electrons. The van der Waals surface area contributed by atoms with Crippen LogP contribution in [0.15, 0.2) is 36.4 Å². The Bertz CT molecular complexity index is 639. The minimum Gasteiger partial charge on any atom is -0.497 e. The van der Waals surface area contributed by atoms with Gasteiger partial charge < -0.3 is 9.47 Å². The summed E-state index contributed by atoms with van der Waals surface area (Å²) >= 11 is 0. The van der Waals surface area contributed by atoms with Crippen molar-refractivity contribution >= 4 is 5.78 Å². The van der Waals surface area contributed by atoms with Gasteiger partial charge in [-0.1, -0.05) is 18.2 Å². The standard InChI is InChI=1S/C18H20O3/c1-12-6-5-7-13(2)17(12)11-21-18-10-15(20-4)8-9-16(18)14(3)19/h5-10H,11H2,1-4H3. The van der Waals surface area contributed by atoms with Crippen LogP contribution in [0.5, 0.6) is 11.5 Å². The summed E-state index contributed by atoms with van der Waals surface area (Å²) in [7, 11) is 1.60. The van der Waals surface area contributed by atoms with Crippen LogP contribution in [0.4, 0.5) is 0 Å². The average molecular weight is 284 g/mol. The van der Waals surface area contributed by atoms with Gasteiger partial charge in [0.05, 0.1) is 12.7 Å². The number of hydrogen-bond donors (Lipinski definition) is 0. The van der Waals surface area contributed by atoms with Crippen LogP contribution in [0.25, 0.3) is 0 Å². The number of benzene rings is 2. The van der Waals surface area contributed by atoms with E-state index in [4.69, 9.17) is 9.47 Å². The van der Waals surface area contributed by atoms with E-state index in [1.54, 1.807) is 25.3 Å². The molecule has 110 valence electrons. The summed E-state index contributed by atoms with van der Waals surface area (Å²) in [4.78, 5) is 11.7. The molecule has 0 aliphatic rings. The average Bonchev–Trinajstić information content (AvgIpc) is 2.46. The Morgan fingerprint density at radius 2 is 1.76 bits per heavy atom. The lowest BCUT2D eigenvalue weighted by Crippen LogP contribution is -2.04. The van der Waals surface area contributed by atoms with E-state index in [1.165, 1.54) is 18.1 Å². The summed E-state index contributed by atoms with van der Waals surface area (Å²) < 4.78 is 11.1. The van der Waals surface area contributed by atoms with Gasteiger partial charge in [0, 0.05) is 6.07 Å². The number of Topliss-reactive ketones (excluding diaryl/α,β-unsaturated/α-hetero) is 1. The molecule has 0 aliphatic carbocycles. The first kappa shape index (κ1) is 15.1. The van der Waals surface area contributed by atoms with Gasteiger partial charge in [-0.25, -0.2) is 0 Å². The van der Waals surface area contributed by atoms with Crippen molar-refractivity contribution in [3.05, 3.63) is 58.7 Å². The lowest BCUT2D eigenvalue weighted by molar-refractivity contribution is 0.101. The highest BCUT2D eigenvalue weighted by molar-refractivity contribution is 5.97. The van der Waals surface area contributed by atoms with Gasteiger partial charge in [0.15, 0.2) is 5.78 Å². The number of ether oxygens (including phenoxy) is 2. The van der Waals surface area contributed by atoms with E-state index < -0.39 is 0 Å². The van der Waals surface area contributed by atoms with Crippen molar-refractivity contribution in [1.29, 1.82) is 0 Å². The van der Waals surface area contributed by atoms with Gasteiger partial charge in [-0.15, -0.1) is 0 Å². The zero-order chi connectivity index (χ0) is 15.4. The molecule has 3 nitrogen and oxygen atoms in total. The van der Waals surface area contributed by atoms with E-state index in [-0.39, 0.29) is 5.78 Å². The molecular weight excluding hydrogens is 264 g/mol. The Morgan fingerprint density at radius 1 is 1.10 bits per heavy atom. The predicted octanol–water partition coefficient (Wildman–Crippen LogP) is 4.09. The van der Waals surface area contributed by atoms with Crippen molar-refractivity contribution in [2.24, 2.45) is 0 Å². The molecule has 0 saturated heterocycles. The first-order valence-corrected chi connectivity index (χ1v) is 6.89. The Morgan fingerprint density at radius 3 is 2.33 bits per heavy atom. The van der Waals surface area contributed by atoms with Crippen LogP contribution in [-0.2, 0) is 6.61 Å². The maximum atomic E-state index is 11.7. The molecule has 21 heavy (non-hydrogen) atoms. The van der Waals surface area contributed by atoms with Gasteiger partial charge in [0.1, 0.15) is 18.1 Å². The molecule has 0 aromatic heterocycles. The van der Waals surface area contributed by atoms with E-state index in [0.29, 0.717) is 23.7 Å². The first-order valence-electron chi connectivity index (χ1n) is 6.89. The Labute approximate surface area is 125 Å². The molecule has 0 unspecified atom stereocenters. The molecule has 2 aromatic rings. The zero-order valence-electron chi connectivity index (χ0n) is 12.9. The van der Waals surface area contributed by atoms with E-state index >= 15 is 0 Å². The van der Waals surface area contributed by atoms with Crippen molar-refractivity contribution in [1.82, 2.24) is 0 Å². The van der Waals surface area contributed by atoms with Gasteiger partial charge in [0.25, 0.3) is 0 Å². The van der Waals surface area contributed by atoms with Crippen molar-refractivity contribution < 1.29 is 14.3 Å². The molecule has 0 amide bonds. The number of ketones is 1. The number of methoxy groups -OCH3 is 1. The monoisotopic (exact) mass is 284 g/mol.